The van der Waals surface area contributed by atoms with Gasteiger partial charge in [0.05, 0.1) is 12.8 Å². The Kier molecular flexibility index (Phi) is 4.39. The van der Waals surface area contributed by atoms with Crippen LogP contribution in [0.1, 0.15) is 10.5 Å². The fourth-order valence-corrected chi connectivity index (χ4v) is 2.00. The summed E-state index contributed by atoms with van der Waals surface area (Å²) in [7, 11) is 1.52. The zero-order valence-electron chi connectivity index (χ0n) is 9.98. The second kappa shape index (κ2) is 6.04. The molecule has 2 aromatic rings. The van der Waals surface area contributed by atoms with E-state index in [1.54, 1.807) is 36.5 Å². The second-order valence-corrected chi connectivity index (χ2v) is 5.01. The van der Waals surface area contributed by atoms with Crippen molar-refractivity contribution in [1.29, 1.82) is 0 Å². The number of carbonyl (C=O) groups is 1. The number of rotatable bonds is 3. The number of pyridine rings is 1. The molecule has 1 heterocycles. The molecule has 0 radical (unpaired) electrons. The summed E-state index contributed by atoms with van der Waals surface area (Å²) in [6.07, 6.45) is 1.55. The van der Waals surface area contributed by atoms with Crippen LogP contribution < -0.4 is 10.1 Å². The van der Waals surface area contributed by atoms with Gasteiger partial charge in [0.25, 0.3) is 5.91 Å². The predicted molar refractivity (Wildman–Crippen MR) is 77.9 cm³/mol. The molecule has 0 aliphatic carbocycles. The van der Waals surface area contributed by atoms with E-state index < -0.39 is 0 Å². The van der Waals surface area contributed by atoms with Gasteiger partial charge in [-0.2, -0.15) is 0 Å². The summed E-state index contributed by atoms with van der Waals surface area (Å²) in [5.41, 5.74) is 0.804. The number of nitrogens with one attached hydrogen (secondary N) is 1. The molecule has 0 spiro atoms. The first kappa shape index (κ1) is 13.8. The number of aromatic nitrogens is 1. The molecule has 4 nitrogen and oxygen atoms in total. The van der Waals surface area contributed by atoms with Crippen molar-refractivity contribution >= 4 is 39.1 Å². The number of hydrogen-bond donors (Lipinski definition) is 1. The Morgan fingerprint density at radius 1 is 1.37 bits per heavy atom. The van der Waals surface area contributed by atoms with Crippen LogP contribution in [0.15, 0.2) is 41.0 Å². The van der Waals surface area contributed by atoms with Gasteiger partial charge in [-0.05, 0) is 30.3 Å². The number of methoxy groups -OCH3 is 1. The first-order valence-electron chi connectivity index (χ1n) is 5.36. The maximum absolute atomic E-state index is 12.1. The van der Waals surface area contributed by atoms with Gasteiger partial charge >= 0.3 is 0 Å². The molecule has 0 fully saturated rings. The van der Waals surface area contributed by atoms with E-state index in [0.29, 0.717) is 22.2 Å². The number of halogens is 2. The summed E-state index contributed by atoms with van der Waals surface area (Å²) in [6, 6.07) is 8.37. The predicted octanol–water partition coefficient (Wildman–Crippen LogP) is 3.76. The van der Waals surface area contributed by atoms with E-state index in [0.717, 1.165) is 4.47 Å². The Hall–Kier alpha value is -1.59. The minimum Gasteiger partial charge on any atom is -0.495 e. The highest BCUT2D eigenvalue weighted by Gasteiger charge is 2.11. The molecule has 0 aliphatic rings. The van der Waals surface area contributed by atoms with Gasteiger partial charge in [-0.1, -0.05) is 27.5 Å². The van der Waals surface area contributed by atoms with Crippen LogP contribution in [-0.2, 0) is 0 Å². The lowest BCUT2D eigenvalue weighted by atomic mass is 10.2. The molecule has 98 valence electrons. The Morgan fingerprint density at radius 2 is 2.16 bits per heavy atom. The van der Waals surface area contributed by atoms with Crippen LogP contribution >= 0.6 is 27.5 Å². The van der Waals surface area contributed by atoms with Gasteiger partial charge in [-0.3, -0.25) is 9.78 Å². The minimum atomic E-state index is -0.332. The third-order valence-electron chi connectivity index (χ3n) is 2.36. The van der Waals surface area contributed by atoms with Crippen LogP contribution in [0.3, 0.4) is 0 Å². The van der Waals surface area contributed by atoms with Crippen molar-refractivity contribution < 1.29 is 9.53 Å². The second-order valence-electron chi connectivity index (χ2n) is 3.66. The summed E-state index contributed by atoms with van der Waals surface area (Å²) < 4.78 is 5.94. The van der Waals surface area contributed by atoms with Gasteiger partial charge < -0.3 is 10.1 Å². The van der Waals surface area contributed by atoms with Gasteiger partial charge in [0.2, 0.25) is 0 Å². The normalized spacial score (nSPS) is 10.1. The highest BCUT2D eigenvalue weighted by Crippen LogP contribution is 2.28. The molecular formula is C13H10BrClN2O2. The molecule has 19 heavy (non-hydrogen) atoms. The van der Waals surface area contributed by atoms with Crippen LogP contribution in [0.5, 0.6) is 5.75 Å². The van der Waals surface area contributed by atoms with Crippen molar-refractivity contribution in [2.75, 3.05) is 12.4 Å². The van der Waals surface area contributed by atoms with Crippen molar-refractivity contribution in [3.63, 3.8) is 0 Å². The van der Waals surface area contributed by atoms with Crippen LogP contribution in [0.2, 0.25) is 5.02 Å². The van der Waals surface area contributed by atoms with E-state index >= 15 is 0 Å². The molecule has 1 aromatic heterocycles. The smallest absolute Gasteiger partial charge is 0.274 e. The van der Waals surface area contributed by atoms with Crippen molar-refractivity contribution in [1.82, 2.24) is 4.98 Å². The molecule has 1 amide bonds. The summed E-state index contributed by atoms with van der Waals surface area (Å²) in [4.78, 5) is 16.1. The SMILES string of the molecule is COc1ccc(Cl)cc1NC(=O)c1cc(Br)ccn1. The van der Waals surface area contributed by atoms with Crippen LogP contribution in [0.25, 0.3) is 0 Å². The van der Waals surface area contributed by atoms with Gasteiger partial charge in [-0.25, -0.2) is 0 Å². The standard InChI is InChI=1S/C13H10BrClN2O2/c1-19-12-3-2-9(15)7-10(12)17-13(18)11-6-8(14)4-5-16-11/h2-7H,1H3,(H,17,18). The molecule has 2 rings (SSSR count). The molecule has 0 unspecified atom stereocenters. The van der Waals surface area contributed by atoms with Crippen molar-refractivity contribution in [3.05, 3.63) is 51.7 Å². The average Bonchev–Trinajstić information content (AvgIpc) is 2.39. The van der Waals surface area contributed by atoms with Gasteiger partial charge in [0, 0.05) is 15.7 Å². The highest BCUT2D eigenvalue weighted by atomic mass is 79.9. The van der Waals surface area contributed by atoms with Gasteiger partial charge in [-0.15, -0.1) is 0 Å². The number of carbonyl (C=O) groups excluding carboxylic acids is 1. The lowest BCUT2D eigenvalue weighted by molar-refractivity contribution is 0.102. The number of hydrogen-bond acceptors (Lipinski definition) is 3. The summed E-state index contributed by atoms with van der Waals surface area (Å²) in [5.74, 6) is 0.203. The minimum absolute atomic E-state index is 0.302. The number of anilines is 1. The highest BCUT2D eigenvalue weighted by molar-refractivity contribution is 9.10. The van der Waals surface area contributed by atoms with E-state index in [9.17, 15) is 4.79 Å². The van der Waals surface area contributed by atoms with Crippen molar-refractivity contribution in [3.8, 4) is 5.75 Å². The van der Waals surface area contributed by atoms with E-state index in [1.807, 2.05) is 0 Å². The number of ether oxygens (including phenoxy) is 1. The monoisotopic (exact) mass is 340 g/mol. The molecule has 1 N–H and O–H groups in total. The quantitative estimate of drug-likeness (QED) is 0.925. The Labute approximate surface area is 123 Å². The Morgan fingerprint density at radius 3 is 2.84 bits per heavy atom. The summed E-state index contributed by atoms with van der Waals surface area (Å²) in [6.45, 7) is 0. The number of benzene rings is 1. The topological polar surface area (TPSA) is 51.2 Å². The van der Waals surface area contributed by atoms with Gasteiger partial charge in [0.1, 0.15) is 11.4 Å². The van der Waals surface area contributed by atoms with Crippen LogP contribution in [0, 0.1) is 0 Å². The Bertz CT molecular complexity index is 619. The molecule has 1 aromatic carbocycles. The summed E-state index contributed by atoms with van der Waals surface area (Å²) in [5, 5.41) is 3.23. The van der Waals surface area contributed by atoms with Gasteiger partial charge in [0.15, 0.2) is 0 Å². The van der Waals surface area contributed by atoms with E-state index in [1.165, 1.54) is 7.11 Å². The summed E-state index contributed by atoms with van der Waals surface area (Å²) >= 11 is 9.19. The first-order chi connectivity index (χ1) is 9.10. The lowest BCUT2D eigenvalue weighted by Gasteiger charge is -2.10. The molecule has 6 heteroatoms. The van der Waals surface area contributed by atoms with Crippen LogP contribution in [-0.4, -0.2) is 18.0 Å². The van der Waals surface area contributed by atoms with E-state index in [-0.39, 0.29) is 5.91 Å². The maximum atomic E-state index is 12.1. The zero-order chi connectivity index (χ0) is 13.8. The molecule has 0 bridgehead atoms. The number of nitrogens with zero attached hydrogens (tertiary/aromatic N) is 1. The molecular weight excluding hydrogens is 332 g/mol. The van der Waals surface area contributed by atoms with E-state index in [2.05, 4.69) is 26.2 Å². The average molecular weight is 342 g/mol. The zero-order valence-corrected chi connectivity index (χ0v) is 12.3. The van der Waals surface area contributed by atoms with Crippen molar-refractivity contribution in [2.24, 2.45) is 0 Å². The fourth-order valence-electron chi connectivity index (χ4n) is 1.49. The largest absolute Gasteiger partial charge is 0.495 e. The molecule has 0 saturated carbocycles. The first-order valence-corrected chi connectivity index (χ1v) is 6.53. The molecule has 0 atom stereocenters. The number of amides is 1. The third kappa shape index (κ3) is 3.45. The molecule has 0 saturated heterocycles. The van der Waals surface area contributed by atoms with Crippen LogP contribution in [0.4, 0.5) is 5.69 Å². The molecule has 0 aliphatic heterocycles. The Balaban J connectivity index is 2.26. The lowest BCUT2D eigenvalue weighted by Crippen LogP contribution is -2.14. The third-order valence-corrected chi connectivity index (χ3v) is 3.09. The van der Waals surface area contributed by atoms with E-state index in [4.69, 9.17) is 16.3 Å². The van der Waals surface area contributed by atoms with Crippen molar-refractivity contribution in [2.45, 2.75) is 0 Å². The fraction of sp³-hybridized carbons (Fsp3) is 0.0769. The maximum Gasteiger partial charge on any atom is 0.274 e.